The molecule has 0 unspecified atom stereocenters. The van der Waals surface area contributed by atoms with Gasteiger partial charge in [-0.25, -0.2) is 0 Å². The van der Waals surface area contributed by atoms with E-state index in [2.05, 4.69) is 20.8 Å². The fourth-order valence-corrected chi connectivity index (χ4v) is 4.11. The minimum absolute atomic E-state index is 0.469. The third-order valence-electron chi connectivity index (χ3n) is 3.62. The van der Waals surface area contributed by atoms with E-state index in [-0.39, 0.29) is 0 Å². The monoisotopic (exact) mass is 370 g/mol. The second-order valence-corrected chi connectivity index (χ2v) is 8.16. The maximum atomic E-state index is 4.99. The van der Waals surface area contributed by atoms with E-state index in [0.717, 1.165) is 19.3 Å². The summed E-state index contributed by atoms with van der Waals surface area (Å²) >= 11 is 0.469. The van der Waals surface area contributed by atoms with Gasteiger partial charge in [-0.2, -0.15) is 0 Å². The minimum atomic E-state index is 0.469. The van der Waals surface area contributed by atoms with Crippen LogP contribution in [0.2, 0.25) is 0 Å². The molecular weight excluding hydrogens is 339 g/mol. The summed E-state index contributed by atoms with van der Waals surface area (Å²) in [6.07, 6.45) is 10.9. The summed E-state index contributed by atoms with van der Waals surface area (Å²) in [5, 5.41) is 0. The normalized spacial score (nSPS) is 11.1. The molecule has 3 heteroatoms. The van der Waals surface area contributed by atoms with E-state index in [4.69, 9.17) is 9.97 Å². The van der Waals surface area contributed by atoms with Crippen LogP contribution in [0.3, 0.4) is 0 Å². The number of hydrogen-bond acceptors (Lipinski definition) is 2. The van der Waals surface area contributed by atoms with Crippen molar-refractivity contribution < 1.29 is 0 Å². The molecule has 0 saturated heterocycles. The van der Waals surface area contributed by atoms with Gasteiger partial charge in [0.05, 0.1) is 0 Å². The number of aryl methyl sites for hydroxylation is 3. The topological polar surface area (TPSA) is 25.8 Å². The van der Waals surface area contributed by atoms with Crippen molar-refractivity contribution in [2.75, 3.05) is 0 Å². The summed E-state index contributed by atoms with van der Waals surface area (Å²) in [6, 6.07) is 0. The Morgan fingerprint density at radius 1 is 0.684 bits per heavy atom. The van der Waals surface area contributed by atoms with Gasteiger partial charge in [0.15, 0.2) is 0 Å². The second kappa shape index (κ2) is 9.73. The van der Waals surface area contributed by atoms with Crippen molar-refractivity contribution >= 4 is 26.2 Å². The van der Waals surface area contributed by atoms with E-state index in [1.807, 2.05) is 0 Å². The molecule has 1 heterocycles. The van der Waals surface area contributed by atoms with Crippen LogP contribution in [0.15, 0.2) is 0 Å². The van der Waals surface area contributed by atoms with Crippen LogP contribution in [0.25, 0.3) is 0 Å². The number of unbranched alkanes of at least 4 members (excludes halogenated alkanes) is 3. The van der Waals surface area contributed by atoms with Crippen molar-refractivity contribution in [2.45, 2.75) is 78.6 Å². The van der Waals surface area contributed by atoms with Crippen molar-refractivity contribution in [3.8, 4) is 0 Å². The third-order valence-corrected chi connectivity index (χ3v) is 5.91. The Hall–Kier alpha value is -0.121. The first-order valence-corrected chi connectivity index (χ1v) is 10.9. The molecule has 0 saturated carbocycles. The molecule has 0 aliphatic carbocycles. The number of nitrogens with zero attached hydrogens (tertiary/aromatic N) is 2. The predicted octanol–water partition coefficient (Wildman–Crippen LogP) is 2.50. The zero-order valence-corrected chi connectivity index (χ0v) is 19.0. The van der Waals surface area contributed by atoms with Crippen molar-refractivity contribution in [3.05, 3.63) is 17.1 Å². The number of aromatic nitrogens is 2. The summed E-state index contributed by atoms with van der Waals surface area (Å²) in [4.78, 5) is 9.94. The molecule has 1 rings (SSSR count). The fourth-order valence-electron chi connectivity index (χ4n) is 2.31. The van der Waals surface area contributed by atoms with Gasteiger partial charge in [0, 0.05) is 0 Å². The molecule has 108 valence electrons. The van der Waals surface area contributed by atoms with Gasteiger partial charge in [0.2, 0.25) is 0 Å². The van der Waals surface area contributed by atoms with E-state index in [0.29, 0.717) is 22.5 Å². The van der Waals surface area contributed by atoms with Crippen molar-refractivity contribution in [1.82, 2.24) is 9.97 Å². The molecule has 0 N–H and O–H groups in total. The zero-order chi connectivity index (χ0) is 14.1. The molecule has 19 heavy (non-hydrogen) atoms. The Morgan fingerprint density at radius 2 is 1.11 bits per heavy atom. The number of rotatable bonds is 9. The average Bonchev–Trinajstić information content (AvgIpc) is 2.42. The third kappa shape index (κ3) is 5.80. The Morgan fingerprint density at radius 3 is 1.58 bits per heavy atom. The van der Waals surface area contributed by atoms with Gasteiger partial charge < -0.3 is 0 Å². The summed E-state index contributed by atoms with van der Waals surface area (Å²) in [6.45, 7) is 6.75. The first kappa shape index (κ1) is 16.9. The predicted molar refractivity (Wildman–Crippen MR) is 87.4 cm³/mol. The van der Waals surface area contributed by atoms with Crippen LogP contribution in [0.4, 0.5) is 0 Å². The Kier molecular flexibility index (Phi) is 8.67. The summed E-state index contributed by atoms with van der Waals surface area (Å²) in [5.74, 6) is 0. The van der Waals surface area contributed by atoms with Gasteiger partial charge in [-0.15, -0.1) is 0 Å². The molecule has 0 bridgehead atoms. The molecule has 1 aromatic rings. The summed E-state index contributed by atoms with van der Waals surface area (Å²) in [5.41, 5.74) is 3.94. The van der Waals surface area contributed by atoms with E-state index >= 15 is 0 Å². The van der Waals surface area contributed by atoms with E-state index in [9.17, 15) is 0 Å². The van der Waals surface area contributed by atoms with Crippen LogP contribution in [-0.4, -0.2) is 32.5 Å². The fraction of sp³-hybridized carbons (Fsp3) is 0.750. The molecule has 2 nitrogen and oxygen atoms in total. The standard InChI is InChI=1S/C16H27N2.Sn.3H/c1-4-7-10-14-13-17-15(11-8-5-2)16(18-14)12-9-6-3;;;;/h4-12H2,1-3H3;;;;. The van der Waals surface area contributed by atoms with Gasteiger partial charge in [-0.05, 0) is 0 Å². The van der Waals surface area contributed by atoms with Crippen molar-refractivity contribution in [2.24, 2.45) is 0 Å². The molecule has 0 aliphatic rings. The Balaban J connectivity index is 2.91. The van der Waals surface area contributed by atoms with Crippen molar-refractivity contribution in [3.63, 3.8) is 0 Å². The number of hydrogen-bond donors (Lipinski definition) is 0. The summed E-state index contributed by atoms with van der Waals surface area (Å²) in [7, 11) is 0. The molecule has 0 atom stereocenters. The van der Waals surface area contributed by atoms with Gasteiger partial charge >= 0.3 is 132 Å². The quantitative estimate of drug-likeness (QED) is 0.626. The van der Waals surface area contributed by atoms with Gasteiger partial charge in [-0.1, -0.05) is 0 Å². The van der Waals surface area contributed by atoms with Gasteiger partial charge in [0.1, 0.15) is 0 Å². The van der Waals surface area contributed by atoms with E-state index in [1.54, 1.807) is 0 Å². The van der Waals surface area contributed by atoms with E-state index < -0.39 is 0 Å². The van der Waals surface area contributed by atoms with Crippen LogP contribution >= 0.6 is 0 Å². The van der Waals surface area contributed by atoms with Gasteiger partial charge in [-0.3, -0.25) is 0 Å². The maximum absolute atomic E-state index is 4.99. The molecule has 0 amide bonds. The Labute approximate surface area is 131 Å². The summed E-state index contributed by atoms with van der Waals surface area (Å²) < 4.78 is 1.36. The molecular formula is C16H30N2Sn. The van der Waals surface area contributed by atoms with Crippen molar-refractivity contribution in [1.29, 1.82) is 0 Å². The van der Waals surface area contributed by atoms with Crippen LogP contribution in [0.1, 0.15) is 76.4 Å². The van der Waals surface area contributed by atoms with Crippen LogP contribution in [0.5, 0.6) is 0 Å². The molecule has 1 aromatic heterocycles. The molecule has 0 spiro atoms. The molecule has 0 fully saturated rings. The second-order valence-electron chi connectivity index (χ2n) is 5.46. The van der Waals surface area contributed by atoms with Crippen LogP contribution in [0, 0.1) is 0 Å². The molecule has 0 radical (unpaired) electrons. The Bertz CT molecular complexity index is 377. The van der Waals surface area contributed by atoms with E-state index in [1.165, 1.54) is 59.3 Å². The molecule has 0 aromatic carbocycles. The molecule has 0 aliphatic heterocycles. The van der Waals surface area contributed by atoms with Gasteiger partial charge in [0.25, 0.3) is 0 Å². The zero-order valence-electron chi connectivity index (χ0n) is 13.3. The van der Waals surface area contributed by atoms with Crippen LogP contribution < -0.4 is 3.71 Å². The first-order chi connectivity index (χ1) is 9.22. The SMILES string of the molecule is CCCCc1nc(CCCC)c(CCCC)n[c]1[SnH3]. The average molecular weight is 369 g/mol. The van der Waals surface area contributed by atoms with Crippen LogP contribution in [-0.2, 0) is 19.3 Å². The first-order valence-electron chi connectivity index (χ1n) is 8.08.